The molecule has 0 saturated heterocycles. The van der Waals surface area contributed by atoms with Gasteiger partial charge in [0, 0.05) is 13.1 Å². The quantitative estimate of drug-likeness (QED) is 0.246. The third kappa shape index (κ3) is 4.68. The molecule has 0 aromatic heterocycles. The summed E-state index contributed by atoms with van der Waals surface area (Å²) in [5.41, 5.74) is 0.595. The van der Waals surface area contributed by atoms with Crippen LogP contribution in [-0.4, -0.2) is 40.8 Å². The Morgan fingerprint density at radius 1 is 0.750 bits per heavy atom. The molecule has 0 aliphatic rings. The molecule has 0 amide bonds. The Balaban J connectivity index is 1.96. The maximum atomic E-state index is 11.0. The van der Waals surface area contributed by atoms with Crippen LogP contribution in [0.25, 0.3) is 0 Å². The van der Waals surface area contributed by atoms with Crippen LogP contribution in [0, 0.1) is 0 Å². The second-order valence-electron chi connectivity index (χ2n) is 4.71. The van der Waals surface area contributed by atoms with E-state index in [-0.39, 0.29) is 21.3 Å². The first-order chi connectivity index (χ1) is 11.4. The zero-order valence-electron chi connectivity index (χ0n) is 12.3. The predicted molar refractivity (Wildman–Crippen MR) is 91.3 cm³/mol. The van der Waals surface area contributed by atoms with E-state index >= 15 is 0 Å². The van der Waals surface area contributed by atoms with Gasteiger partial charge in [0.25, 0.3) is 0 Å². The number of rotatable bonds is 7. The van der Waals surface area contributed by atoms with Crippen molar-refractivity contribution in [1.29, 1.82) is 0 Å². The van der Waals surface area contributed by atoms with Crippen LogP contribution in [0.1, 0.15) is 0 Å². The van der Waals surface area contributed by atoms with E-state index in [1.54, 1.807) is 0 Å². The number of benzene rings is 2. The topological polar surface area (TPSA) is 139 Å². The van der Waals surface area contributed by atoms with E-state index in [2.05, 4.69) is 10.6 Å². The Labute approximate surface area is 143 Å². The Kier molecular flexibility index (Phi) is 6.15. The van der Waals surface area contributed by atoms with E-state index in [1.165, 1.54) is 36.4 Å². The Morgan fingerprint density at radius 2 is 1.12 bits per heavy atom. The van der Waals surface area contributed by atoms with Gasteiger partial charge in [-0.25, -0.2) is 8.42 Å². The van der Waals surface area contributed by atoms with Gasteiger partial charge in [-0.3, -0.25) is 0 Å². The van der Waals surface area contributed by atoms with Gasteiger partial charge in [0.2, 0.25) is 0 Å². The van der Waals surface area contributed by atoms with Crippen LogP contribution in [0.2, 0.25) is 0 Å². The smallest absolute Gasteiger partial charge is 0.186 e. The minimum absolute atomic E-state index is 0.0651. The molecular formula is C14H16N2O6S2. The second-order valence-corrected chi connectivity index (χ2v) is 6.65. The molecule has 0 bridgehead atoms. The zero-order valence-corrected chi connectivity index (χ0v) is 13.9. The SMILES string of the molecule is O=S(O)c1ccc(O)c(NCCNc2cc(S(=O)O)ccc2O)c1. The number of phenolic OH excluding ortho intramolecular Hbond substituents is 2. The van der Waals surface area contributed by atoms with Crippen molar-refractivity contribution in [2.24, 2.45) is 0 Å². The highest BCUT2D eigenvalue weighted by Gasteiger charge is 2.08. The first kappa shape index (κ1) is 18.2. The Morgan fingerprint density at radius 3 is 1.46 bits per heavy atom. The lowest BCUT2D eigenvalue weighted by Gasteiger charge is -2.12. The molecule has 0 spiro atoms. The molecular weight excluding hydrogens is 356 g/mol. The van der Waals surface area contributed by atoms with Gasteiger partial charge in [-0.05, 0) is 36.4 Å². The van der Waals surface area contributed by atoms with Gasteiger partial charge in [0.1, 0.15) is 11.5 Å². The van der Waals surface area contributed by atoms with Crippen LogP contribution in [0.15, 0.2) is 46.2 Å². The average molecular weight is 372 g/mol. The minimum Gasteiger partial charge on any atom is -0.506 e. The fraction of sp³-hybridized carbons (Fsp3) is 0.143. The molecule has 0 saturated carbocycles. The average Bonchev–Trinajstić information content (AvgIpc) is 2.54. The van der Waals surface area contributed by atoms with Gasteiger partial charge < -0.3 is 30.0 Å². The van der Waals surface area contributed by atoms with Crippen LogP contribution in [0.3, 0.4) is 0 Å². The number of phenols is 2. The van der Waals surface area contributed by atoms with Crippen molar-refractivity contribution in [2.45, 2.75) is 9.79 Å². The van der Waals surface area contributed by atoms with Crippen LogP contribution >= 0.6 is 0 Å². The summed E-state index contributed by atoms with van der Waals surface area (Å²) in [6.07, 6.45) is 0. The lowest BCUT2D eigenvalue weighted by Crippen LogP contribution is -2.14. The number of hydrogen-bond donors (Lipinski definition) is 6. The lowest BCUT2D eigenvalue weighted by molar-refractivity contribution is 0.475. The summed E-state index contributed by atoms with van der Waals surface area (Å²) < 4.78 is 40.1. The molecule has 6 N–H and O–H groups in total. The van der Waals surface area contributed by atoms with Crippen molar-refractivity contribution >= 4 is 33.5 Å². The van der Waals surface area contributed by atoms with E-state index < -0.39 is 22.2 Å². The fourth-order valence-corrected chi connectivity index (χ4v) is 2.73. The molecule has 0 aliphatic carbocycles. The molecule has 2 aromatic carbocycles. The van der Waals surface area contributed by atoms with Gasteiger partial charge in [0.05, 0.1) is 21.2 Å². The predicted octanol–water partition coefficient (Wildman–Crippen LogP) is 1.78. The molecule has 8 nitrogen and oxygen atoms in total. The summed E-state index contributed by atoms with van der Waals surface area (Å²) >= 11 is -4.29. The molecule has 0 radical (unpaired) electrons. The molecule has 2 atom stereocenters. The first-order valence-corrected chi connectivity index (χ1v) is 8.95. The molecule has 2 rings (SSSR count). The Hall–Kier alpha value is -2.14. The molecule has 10 heteroatoms. The molecule has 0 fully saturated rings. The first-order valence-electron chi connectivity index (χ1n) is 6.74. The third-order valence-electron chi connectivity index (χ3n) is 3.10. The standard InChI is InChI=1S/C14H16N2O6S2/c17-13-3-1-9(23(19)20)7-11(13)15-5-6-16-12-8-10(24(21)22)2-4-14(12)18/h1-4,7-8,15-18H,5-6H2,(H,19,20)(H,21,22). The van der Waals surface area contributed by atoms with E-state index in [9.17, 15) is 18.6 Å². The van der Waals surface area contributed by atoms with Crippen molar-refractivity contribution in [3.05, 3.63) is 36.4 Å². The number of anilines is 2. The van der Waals surface area contributed by atoms with Gasteiger partial charge >= 0.3 is 0 Å². The highest BCUT2D eigenvalue weighted by atomic mass is 32.2. The van der Waals surface area contributed by atoms with Crippen LogP contribution in [0.4, 0.5) is 11.4 Å². The van der Waals surface area contributed by atoms with Crippen molar-refractivity contribution < 1.29 is 27.7 Å². The maximum Gasteiger partial charge on any atom is 0.186 e. The fourth-order valence-electron chi connectivity index (χ4n) is 1.93. The largest absolute Gasteiger partial charge is 0.506 e. The third-order valence-corrected chi connectivity index (χ3v) is 4.41. The van der Waals surface area contributed by atoms with Gasteiger partial charge in [-0.2, -0.15) is 0 Å². The van der Waals surface area contributed by atoms with E-state index in [0.717, 1.165) is 0 Å². The zero-order chi connectivity index (χ0) is 17.7. The van der Waals surface area contributed by atoms with Crippen molar-refractivity contribution in [1.82, 2.24) is 0 Å². The maximum absolute atomic E-state index is 11.0. The van der Waals surface area contributed by atoms with E-state index in [4.69, 9.17) is 9.11 Å². The van der Waals surface area contributed by atoms with Crippen LogP contribution in [-0.2, 0) is 22.2 Å². The summed E-state index contributed by atoms with van der Waals surface area (Å²) in [7, 11) is 0. The molecule has 0 aliphatic heterocycles. The molecule has 130 valence electrons. The molecule has 0 heterocycles. The van der Waals surface area contributed by atoms with Crippen molar-refractivity contribution in [3.63, 3.8) is 0 Å². The normalized spacial score (nSPS) is 13.2. The van der Waals surface area contributed by atoms with Crippen LogP contribution in [0.5, 0.6) is 11.5 Å². The summed E-state index contributed by atoms with van der Waals surface area (Å²) in [4.78, 5) is 0.304. The summed E-state index contributed by atoms with van der Waals surface area (Å²) in [6.45, 7) is 0.641. The highest BCUT2D eigenvalue weighted by Crippen LogP contribution is 2.26. The highest BCUT2D eigenvalue weighted by molar-refractivity contribution is 7.79. The lowest BCUT2D eigenvalue weighted by atomic mass is 10.3. The van der Waals surface area contributed by atoms with E-state index in [0.29, 0.717) is 24.5 Å². The summed E-state index contributed by atoms with van der Waals surface area (Å²) in [6, 6.07) is 8.02. The number of hydrogen-bond acceptors (Lipinski definition) is 6. The van der Waals surface area contributed by atoms with Crippen molar-refractivity contribution in [3.8, 4) is 11.5 Å². The van der Waals surface area contributed by atoms with Gasteiger partial charge in [-0.15, -0.1) is 0 Å². The minimum atomic E-state index is -2.15. The molecule has 24 heavy (non-hydrogen) atoms. The van der Waals surface area contributed by atoms with E-state index in [1.807, 2.05) is 0 Å². The van der Waals surface area contributed by atoms with Gasteiger partial charge in [0.15, 0.2) is 22.2 Å². The molecule has 2 aromatic rings. The second kappa shape index (κ2) is 8.11. The number of nitrogens with one attached hydrogen (secondary N) is 2. The molecule has 2 unspecified atom stereocenters. The van der Waals surface area contributed by atoms with Crippen LogP contribution < -0.4 is 10.6 Å². The Bertz CT molecular complexity index is 718. The van der Waals surface area contributed by atoms with Crippen molar-refractivity contribution in [2.75, 3.05) is 23.7 Å². The summed E-state index contributed by atoms with van der Waals surface area (Å²) in [5.74, 6) is -0.130. The number of aromatic hydroxyl groups is 2. The summed E-state index contributed by atoms with van der Waals surface area (Å²) in [5, 5.41) is 25.2. The van der Waals surface area contributed by atoms with Gasteiger partial charge in [-0.1, -0.05) is 0 Å². The monoisotopic (exact) mass is 372 g/mol.